The molecule has 0 saturated carbocycles. The summed E-state index contributed by atoms with van der Waals surface area (Å²) in [6.45, 7) is 11.6. The van der Waals surface area contributed by atoms with Crippen molar-refractivity contribution >= 4 is 5.69 Å². The standard InChI is InChI=1S/C21H30N4O/c1-2-5-20(6-3-1)25-13-10-23(11-14-25)19-21-7-4-8-24(21)12-9-22-15-17-26-18-16-22/h1-8H,9-19H2. The predicted molar refractivity (Wildman–Crippen MR) is 106 cm³/mol. The van der Waals surface area contributed by atoms with Gasteiger partial charge in [-0.25, -0.2) is 0 Å². The lowest BCUT2D eigenvalue weighted by molar-refractivity contribution is 0.0362. The van der Waals surface area contributed by atoms with Crippen LogP contribution in [0.3, 0.4) is 0 Å². The molecule has 0 bridgehead atoms. The molecule has 3 heterocycles. The first-order chi connectivity index (χ1) is 12.9. The Morgan fingerprint density at radius 3 is 2.27 bits per heavy atom. The van der Waals surface area contributed by atoms with Crippen LogP contribution in [-0.2, 0) is 17.8 Å². The van der Waals surface area contributed by atoms with Crippen LogP contribution in [0.1, 0.15) is 5.69 Å². The Bertz CT molecular complexity index is 658. The van der Waals surface area contributed by atoms with Gasteiger partial charge in [-0.1, -0.05) is 18.2 Å². The molecule has 5 heteroatoms. The molecule has 0 unspecified atom stereocenters. The van der Waals surface area contributed by atoms with Gasteiger partial charge in [-0.15, -0.1) is 0 Å². The van der Waals surface area contributed by atoms with Crippen LogP contribution in [0.5, 0.6) is 0 Å². The smallest absolute Gasteiger partial charge is 0.0594 e. The summed E-state index contributed by atoms with van der Waals surface area (Å²) in [4.78, 5) is 7.58. The minimum atomic E-state index is 0.879. The fourth-order valence-corrected chi connectivity index (χ4v) is 3.92. The Morgan fingerprint density at radius 2 is 1.50 bits per heavy atom. The number of hydrogen-bond acceptors (Lipinski definition) is 4. The van der Waals surface area contributed by atoms with Gasteiger partial charge in [-0.2, -0.15) is 0 Å². The van der Waals surface area contributed by atoms with E-state index < -0.39 is 0 Å². The maximum Gasteiger partial charge on any atom is 0.0594 e. The summed E-state index contributed by atoms with van der Waals surface area (Å²) in [5.41, 5.74) is 2.78. The van der Waals surface area contributed by atoms with Gasteiger partial charge in [0.25, 0.3) is 0 Å². The van der Waals surface area contributed by atoms with Crippen LogP contribution in [0.4, 0.5) is 5.69 Å². The average molecular weight is 354 g/mol. The first kappa shape index (κ1) is 17.6. The van der Waals surface area contributed by atoms with E-state index in [-0.39, 0.29) is 0 Å². The van der Waals surface area contributed by atoms with Crippen molar-refractivity contribution in [3.63, 3.8) is 0 Å². The zero-order valence-corrected chi connectivity index (χ0v) is 15.6. The van der Waals surface area contributed by atoms with Crippen molar-refractivity contribution < 1.29 is 4.74 Å². The van der Waals surface area contributed by atoms with Gasteiger partial charge in [-0.05, 0) is 24.3 Å². The summed E-state index contributed by atoms with van der Waals surface area (Å²) in [6.07, 6.45) is 2.23. The third-order valence-electron chi connectivity index (χ3n) is 5.56. The van der Waals surface area contributed by atoms with E-state index in [1.54, 1.807) is 0 Å². The molecule has 0 aliphatic carbocycles. The molecule has 2 fully saturated rings. The first-order valence-corrected chi connectivity index (χ1v) is 9.85. The topological polar surface area (TPSA) is 23.9 Å². The van der Waals surface area contributed by atoms with E-state index in [1.165, 1.54) is 11.4 Å². The van der Waals surface area contributed by atoms with Crippen molar-refractivity contribution in [3.8, 4) is 0 Å². The van der Waals surface area contributed by atoms with Crippen LogP contribution in [0.2, 0.25) is 0 Å². The Kier molecular flexibility index (Phi) is 5.89. The highest BCUT2D eigenvalue weighted by Crippen LogP contribution is 2.17. The van der Waals surface area contributed by atoms with Crippen LogP contribution < -0.4 is 4.90 Å². The van der Waals surface area contributed by atoms with Gasteiger partial charge in [0.05, 0.1) is 13.2 Å². The van der Waals surface area contributed by atoms with Crippen LogP contribution >= 0.6 is 0 Å². The van der Waals surface area contributed by atoms with Crippen LogP contribution in [0.15, 0.2) is 48.7 Å². The van der Waals surface area contributed by atoms with E-state index >= 15 is 0 Å². The second-order valence-corrected chi connectivity index (χ2v) is 7.25. The monoisotopic (exact) mass is 354 g/mol. The summed E-state index contributed by atoms with van der Waals surface area (Å²) < 4.78 is 7.87. The van der Waals surface area contributed by atoms with Gasteiger partial charge >= 0.3 is 0 Å². The quantitative estimate of drug-likeness (QED) is 0.793. The lowest BCUT2D eigenvalue weighted by Gasteiger charge is -2.36. The van der Waals surface area contributed by atoms with Gasteiger partial charge < -0.3 is 14.2 Å². The van der Waals surface area contributed by atoms with Crippen molar-refractivity contribution in [3.05, 3.63) is 54.4 Å². The van der Waals surface area contributed by atoms with Crippen LogP contribution in [0, 0.1) is 0 Å². The number of nitrogens with zero attached hydrogens (tertiary/aromatic N) is 4. The zero-order chi connectivity index (χ0) is 17.6. The Morgan fingerprint density at radius 1 is 0.731 bits per heavy atom. The summed E-state index contributed by atoms with van der Waals surface area (Å²) in [6, 6.07) is 15.2. The largest absolute Gasteiger partial charge is 0.379 e. The van der Waals surface area contributed by atoms with E-state index in [0.717, 1.165) is 72.1 Å². The number of benzene rings is 1. The molecule has 5 nitrogen and oxygen atoms in total. The number of rotatable bonds is 6. The number of para-hydroxylation sites is 1. The average Bonchev–Trinajstić information content (AvgIpc) is 3.15. The second-order valence-electron chi connectivity index (χ2n) is 7.25. The fraction of sp³-hybridized carbons (Fsp3) is 0.524. The molecule has 1 aromatic heterocycles. The normalized spacial score (nSPS) is 19.8. The molecule has 0 amide bonds. The van der Waals surface area contributed by atoms with E-state index in [1.807, 2.05) is 0 Å². The third kappa shape index (κ3) is 4.47. The van der Waals surface area contributed by atoms with Gasteiger partial charge in [0.2, 0.25) is 0 Å². The van der Waals surface area contributed by atoms with E-state index in [9.17, 15) is 0 Å². The van der Waals surface area contributed by atoms with E-state index in [2.05, 4.69) is 67.9 Å². The number of anilines is 1. The molecule has 2 aliphatic rings. The number of piperazine rings is 1. The first-order valence-electron chi connectivity index (χ1n) is 9.85. The molecule has 26 heavy (non-hydrogen) atoms. The summed E-state index contributed by atoms with van der Waals surface area (Å²) >= 11 is 0. The Balaban J connectivity index is 1.27. The van der Waals surface area contributed by atoms with Crippen molar-refractivity contribution in [2.24, 2.45) is 0 Å². The molecular weight excluding hydrogens is 324 g/mol. The maximum absolute atomic E-state index is 5.44. The molecule has 2 saturated heterocycles. The number of hydrogen-bond donors (Lipinski definition) is 0. The zero-order valence-electron chi connectivity index (χ0n) is 15.6. The highest BCUT2D eigenvalue weighted by Gasteiger charge is 2.18. The molecule has 1 aromatic carbocycles. The highest BCUT2D eigenvalue weighted by atomic mass is 16.5. The van der Waals surface area contributed by atoms with Crippen molar-refractivity contribution in [1.29, 1.82) is 0 Å². The van der Waals surface area contributed by atoms with E-state index in [0.29, 0.717) is 0 Å². The molecule has 0 spiro atoms. The van der Waals surface area contributed by atoms with Gasteiger partial charge in [0, 0.05) is 76.5 Å². The number of ether oxygens (including phenoxy) is 1. The second kappa shape index (κ2) is 8.71. The molecule has 0 radical (unpaired) electrons. The van der Waals surface area contributed by atoms with E-state index in [4.69, 9.17) is 4.74 Å². The SMILES string of the molecule is c1ccc(N2CCN(Cc3cccn3CCN3CCOCC3)CC2)cc1. The molecule has 4 rings (SSSR count). The number of aromatic nitrogens is 1. The van der Waals surface area contributed by atoms with Crippen LogP contribution in [-0.4, -0.2) is 73.4 Å². The van der Waals surface area contributed by atoms with Crippen LogP contribution in [0.25, 0.3) is 0 Å². The Labute approximate surface area is 156 Å². The fourth-order valence-electron chi connectivity index (χ4n) is 3.92. The van der Waals surface area contributed by atoms with Crippen molar-refractivity contribution in [2.75, 3.05) is 63.9 Å². The van der Waals surface area contributed by atoms with Crippen molar-refractivity contribution in [2.45, 2.75) is 13.1 Å². The summed E-state index contributed by atoms with van der Waals surface area (Å²) in [7, 11) is 0. The minimum absolute atomic E-state index is 0.879. The van der Waals surface area contributed by atoms with Gasteiger partial charge in [-0.3, -0.25) is 9.80 Å². The minimum Gasteiger partial charge on any atom is -0.379 e. The summed E-state index contributed by atoms with van der Waals surface area (Å²) in [5.74, 6) is 0. The molecule has 2 aliphatic heterocycles. The highest BCUT2D eigenvalue weighted by molar-refractivity contribution is 5.46. The molecule has 0 atom stereocenters. The molecule has 2 aromatic rings. The number of morpholine rings is 1. The molecule has 0 N–H and O–H groups in total. The van der Waals surface area contributed by atoms with Gasteiger partial charge in [0.1, 0.15) is 0 Å². The van der Waals surface area contributed by atoms with Crippen molar-refractivity contribution in [1.82, 2.24) is 14.4 Å². The third-order valence-corrected chi connectivity index (χ3v) is 5.56. The predicted octanol–water partition coefficient (Wildman–Crippen LogP) is 2.14. The summed E-state index contributed by atoms with van der Waals surface area (Å²) in [5, 5.41) is 0. The molecular formula is C21H30N4O. The maximum atomic E-state index is 5.44. The van der Waals surface area contributed by atoms with Gasteiger partial charge in [0.15, 0.2) is 0 Å². The lowest BCUT2D eigenvalue weighted by Crippen LogP contribution is -2.46. The molecule has 140 valence electrons. The lowest BCUT2D eigenvalue weighted by atomic mass is 10.2. The Hall–Kier alpha value is -1.82.